The minimum absolute atomic E-state index is 0.119. The minimum atomic E-state index is 0.119. The van der Waals surface area contributed by atoms with Gasteiger partial charge in [0, 0.05) is 62.8 Å². The molecule has 2 aromatic heterocycles. The summed E-state index contributed by atoms with van der Waals surface area (Å²) >= 11 is 0. The first-order valence-corrected chi connectivity index (χ1v) is 9.96. The molecule has 2 N–H and O–H groups in total. The van der Waals surface area contributed by atoms with Gasteiger partial charge in [-0.25, -0.2) is 9.97 Å². The van der Waals surface area contributed by atoms with Gasteiger partial charge in [-0.15, -0.1) is 0 Å². The fourth-order valence-corrected chi connectivity index (χ4v) is 3.91. The van der Waals surface area contributed by atoms with Crippen LogP contribution >= 0.6 is 0 Å². The normalized spacial score (nSPS) is 17.7. The van der Waals surface area contributed by atoms with Gasteiger partial charge in [-0.2, -0.15) is 4.98 Å². The molecule has 8 heteroatoms. The Morgan fingerprint density at radius 3 is 2.29 bits per heavy atom. The van der Waals surface area contributed by atoms with Crippen molar-refractivity contribution in [1.82, 2.24) is 19.9 Å². The first-order valence-electron chi connectivity index (χ1n) is 9.96. The molecule has 0 radical (unpaired) electrons. The first kappa shape index (κ1) is 18.5. The van der Waals surface area contributed by atoms with Crippen molar-refractivity contribution in [3.05, 3.63) is 35.7 Å². The minimum Gasteiger partial charge on any atom is -0.368 e. The number of nitrogen functional groups attached to an aromatic ring is 1. The maximum atomic E-state index is 12.8. The van der Waals surface area contributed by atoms with E-state index in [4.69, 9.17) is 5.73 Å². The summed E-state index contributed by atoms with van der Waals surface area (Å²) in [6.07, 6.45) is 5.15. The summed E-state index contributed by atoms with van der Waals surface area (Å²) in [5, 5.41) is 0. The van der Waals surface area contributed by atoms with Crippen LogP contribution in [0.5, 0.6) is 0 Å². The number of carbonyl (C=O) groups is 1. The number of amides is 1. The van der Waals surface area contributed by atoms with Crippen LogP contribution in [0, 0.1) is 6.92 Å². The third-order valence-corrected chi connectivity index (χ3v) is 5.42. The molecule has 28 heavy (non-hydrogen) atoms. The van der Waals surface area contributed by atoms with Crippen molar-refractivity contribution in [3.8, 4) is 0 Å². The Labute approximate surface area is 165 Å². The second-order valence-electron chi connectivity index (χ2n) is 7.46. The lowest BCUT2D eigenvalue weighted by Crippen LogP contribution is -2.47. The highest BCUT2D eigenvalue weighted by atomic mass is 16.2. The van der Waals surface area contributed by atoms with Crippen LogP contribution < -0.4 is 15.5 Å². The third kappa shape index (κ3) is 4.00. The lowest BCUT2D eigenvalue weighted by Gasteiger charge is -2.36. The van der Waals surface area contributed by atoms with Gasteiger partial charge in [0.15, 0.2) is 0 Å². The molecule has 0 aliphatic carbocycles. The molecule has 8 nitrogen and oxygen atoms in total. The van der Waals surface area contributed by atoms with Gasteiger partial charge < -0.3 is 20.4 Å². The van der Waals surface area contributed by atoms with Gasteiger partial charge >= 0.3 is 0 Å². The highest BCUT2D eigenvalue weighted by molar-refractivity contribution is 5.94. The summed E-state index contributed by atoms with van der Waals surface area (Å²) in [4.78, 5) is 32.2. The summed E-state index contributed by atoms with van der Waals surface area (Å²) in [6.45, 7) is 6.91. The number of likely N-dealkylation sites (tertiary alicyclic amines) is 1. The van der Waals surface area contributed by atoms with Crippen molar-refractivity contribution in [1.29, 1.82) is 0 Å². The summed E-state index contributed by atoms with van der Waals surface area (Å²) in [6, 6.07) is 5.71. The number of nitrogens with two attached hydrogens (primary N) is 1. The number of anilines is 3. The van der Waals surface area contributed by atoms with Crippen LogP contribution in [0.25, 0.3) is 0 Å². The number of nitrogens with zero attached hydrogens (tertiary/aromatic N) is 6. The molecule has 2 aliphatic heterocycles. The molecule has 1 amide bonds. The highest BCUT2D eigenvalue weighted by Gasteiger charge is 2.22. The van der Waals surface area contributed by atoms with E-state index in [0.29, 0.717) is 5.95 Å². The predicted molar refractivity (Wildman–Crippen MR) is 110 cm³/mol. The van der Waals surface area contributed by atoms with Crippen LogP contribution in [0.4, 0.5) is 17.6 Å². The second kappa shape index (κ2) is 8.00. The molecule has 2 fully saturated rings. The molecule has 2 aromatic rings. The fourth-order valence-electron chi connectivity index (χ4n) is 3.91. The summed E-state index contributed by atoms with van der Waals surface area (Å²) in [5.41, 5.74) is 7.39. The molecule has 0 aromatic carbocycles. The molecule has 0 unspecified atom stereocenters. The van der Waals surface area contributed by atoms with Gasteiger partial charge in [0.25, 0.3) is 5.91 Å². The van der Waals surface area contributed by atoms with E-state index < -0.39 is 0 Å². The maximum absolute atomic E-state index is 12.8. The largest absolute Gasteiger partial charge is 0.368 e. The van der Waals surface area contributed by atoms with E-state index in [-0.39, 0.29) is 5.91 Å². The number of rotatable bonds is 3. The first-order chi connectivity index (χ1) is 13.6. The topological polar surface area (TPSA) is 91.5 Å². The van der Waals surface area contributed by atoms with E-state index in [0.717, 1.165) is 75.0 Å². The second-order valence-corrected chi connectivity index (χ2v) is 7.46. The molecule has 0 atom stereocenters. The Balaban J connectivity index is 1.42. The third-order valence-electron chi connectivity index (χ3n) is 5.42. The van der Waals surface area contributed by atoms with E-state index >= 15 is 0 Å². The van der Waals surface area contributed by atoms with E-state index in [1.807, 2.05) is 30.0 Å². The van der Waals surface area contributed by atoms with Crippen molar-refractivity contribution in [2.24, 2.45) is 0 Å². The van der Waals surface area contributed by atoms with Crippen molar-refractivity contribution >= 4 is 23.5 Å². The molecule has 2 saturated heterocycles. The standard InChI is InChI=1S/C20H27N7O/c1-15-13-18(24-20(21)23-15)26-11-9-25(10-12-26)17-14-16(5-6-22-17)19(28)27-7-3-2-4-8-27/h5-6,13-14H,2-4,7-12H2,1H3,(H2,21,23,24). The Morgan fingerprint density at radius 1 is 0.929 bits per heavy atom. The summed E-state index contributed by atoms with van der Waals surface area (Å²) in [5.74, 6) is 2.16. The highest BCUT2D eigenvalue weighted by Crippen LogP contribution is 2.21. The Morgan fingerprint density at radius 2 is 1.61 bits per heavy atom. The predicted octanol–water partition coefficient (Wildman–Crippen LogP) is 1.71. The number of hydrogen-bond donors (Lipinski definition) is 1. The van der Waals surface area contributed by atoms with Crippen LogP contribution in [0.15, 0.2) is 24.4 Å². The number of hydrogen-bond acceptors (Lipinski definition) is 7. The van der Waals surface area contributed by atoms with E-state index in [1.165, 1.54) is 6.42 Å². The van der Waals surface area contributed by atoms with Gasteiger partial charge in [0.2, 0.25) is 5.95 Å². The van der Waals surface area contributed by atoms with Gasteiger partial charge in [0.05, 0.1) is 0 Å². The Kier molecular flexibility index (Phi) is 5.27. The number of aryl methyl sites for hydroxylation is 1. The van der Waals surface area contributed by atoms with Gasteiger partial charge in [-0.1, -0.05) is 0 Å². The molecule has 0 saturated carbocycles. The lowest BCUT2D eigenvalue weighted by molar-refractivity contribution is 0.0724. The quantitative estimate of drug-likeness (QED) is 0.865. The average molecular weight is 381 g/mol. The zero-order valence-corrected chi connectivity index (χ0v) is 16.3. The fraction of sp³-hybridized carbons (Fsp3) is 0.500. The van der Waals surface area contributed by atoms with Crippen molar-refractivity contribution in [2.45, 2.75) is 26.2 Å². The van der Waals surface area contributed by atoms with E-state index in [2.05, 4.69) is 24.8 Å². The molecule has 0 bridgehead atoms. The molecule has 0 spiro atoms. The SMILES string of the molecule is Cc1cc(N2CCN(c3cc(C(=O)N4CCCCC4)ccn3)CC2)nc(N)n1. The van der Waals surface area contributed by atoms with Gasteiger partial charge in [0.1, 0.15) is 11.6 Å². The van der Waals surface area contributed by atoms with Crippen molar-refractivity contribution < 1.29 is 4.79 Å². The zero-order valence-electron chi connectivity index (χ0n) is 16.3. The maximum Gasteiger partial charge on any atom is 0.254 e. The average Bonchev–Trinajstić information content (AvgIpc) is 2.73. The van der Waals surface area contributed by atoms with E-state index in [9.17, 15) is 4.79 Å². The van der Waals surface area contributed by atoms with Crippen LogP contribution in [0.3, 0.4) is 0 Å². The number of piperazine rings is 1. The lowest BCUT2D eigenvalue weighted by atomic mass is 10.1. The zero-order chi connectivity index (χ0) is 19.5. The number of carbonyl (C=O) groups excluding carboxylic acids is 1. The van der Waals surface area contributed by atoms with Gasteiger partial charge in [-0.05, 0) is 38.3 Å². The monoisotopic (exact) mass is 381 g/mol. The van der Waals surface area contributed by atoms with Crippen LogP contribution in [-0.4, -0.2) is 65.0 Å². The summed E-state index contributed by atoms with van der Waals surface area (Å²) in [7, 11) is 0. The Hall–Kier alpha value is -2.90. The molecule has 4 rings (SSSR count). The van der Waals surface area contributed by atoms with Crippen LogP contribution in [0.2, 0.25) is 0 Å². The Bertz CT molecular complexity index is 822. The number of pyridine rings is 1. The summed E-state index contributed by atoms with van der Waals surface area (Å²) < 4.78 is 0. The van der Waals surface area contributed by atoms with Gasteiger partial charge in [-0.3, -0.25) is 4.79 Å². The van der Waals surface area contributed by atoms with E-state index in [1.54, 1.807) is 6.20 Å². The van der Waals surface area contributed by atoms with Crippen LogP contribution in [-0.2, 0) is 0 Å². The molecule has 148 valence electrons. The number of piperidine rings is 1. The molecule has 2 aliphatic rings. The van der Waals surface area contributed by atoms with Crippen molar-refractivity contribution in [2.75, 3.05) is 54.8 Å². The molecular formula is C20H27N7O. The van der Waals surface area contributed by atoms with Crippen LogP contribution in [0.1, 0.15) is 35.3 Å². The molecule has 4 heterocycles. The van der Waals surface area contributed by atoms with Crippen molar-refractivity contribution in [3.63, 3.8) is 0 Å². The smallest absolute Gasteiger partial charge is 0.254 e. The number of aromatic nitrogens is 3. The molecular weight excluding hydrogens is 354 g/mol.